The zero-order valence-corrected chi connectivity index (χ0v) is 9.34. The van der Waals surface area contributed by atoms with E-state index in [4.69, 9.17) is 5.73 Å². The van der Waals surface area contributed by atoms with Crippen LogP contribution in [0.2, 0.25) is 0 Å². The predicted octanol–water partition coefficient (Wildman–Crippen LogP) is -0.0659. The summed E-state index contributed by atoms with van der Waals surface area (Å²) in [4.78, 5) is 13.8. The molecule has 0 aliphatic carbocycles. The first-order chi connectivity index (χ1) is 6.53. The minimum absolute atomic E-state index is 0.0125. The second-order valence-corrected chi connectivity index (χ2v) is 4.48. The molecule has 0 aromatic rings. The lowest BCUT2D eigenvalue weighted by Crippen LogP contribution is -2.55. The Hall–Kier alpha value is -0.610. The van der Waals surface area contributed by atoms with E-state index in [-0.39, 0.29) is 17.5 Å². The first-order valence-electron chi connectivity index (χ1n) is 5.21. The molecule has 82 valence electrons. The van der Waals surface area contributed by atoms with E-state index in [0.29, 0.717) is 6.54 Å². The third-order valence-corrected chi connectivity index (χ3v) is 3.08. The van der Waals surface area contributed by atoms with Gasteiger partial charge in [0.25, 0.3) is 0 Å². The minimum Gasteiger partial charge on any atom is -0.358 e. The van der Waals surface area contributed by atoms with Crippen molar-refractivity contribution in [3.63, 3.8) is 0 Å². The lowest BCUT2D eigenvalue weighted by atomic mass is 10.0. The zero-order chi connectivity index (χ0) is 10.8. The number of carbonyl (C=O) groups excluding carboxylic acids is 1. The Bertz CT molecular complexity index is 215. The van der Waals surface area contributed by atoms with E-state index in [1.807, 2.05) is 0 Å². The number of rotatable bonds is 3. The molecule has 0 spiro atoms. The van der Waals surface area contributed by atoms with Gasteiger partial charge in [-0.2, -0.15) is 0 Å². The third-order valence-electron chi connectivity index (χ3n) is 3.08. The lowest BCUT2D eigenvalue weighted by Gasteiger charge is -2.38. The lowest BCUT2D eigenvalue weighted by molar-refractivity contribution is -0.126. The van der Waals surface area contributed by atoms with Gasteiger partial charge in [0, 0.05) is 19.1 Å². The fourth-order valence-corrected chi connectivity index (χ4v) is 2.05. The summed E-state index contributed by atoms with van der Waals surface area (Å²) in [6.45, 7) is 5.74. The van der Waals surface area contributed by atoms with E-state index in [9.17, 15) is 4.79 Å². The van der Waals surface area contributed by atoms with Crippen LogP contribution in [0.4, 0.5) is 0 Å². The Morgan fingerprint density at radius 3 is 2.79 bits per heavy atom. The summed E-state index contributed by atoms with van der Waals surface area (Å²) < 4.78 is 0. The first-order valence-corrected chi connectivity index (χ1v) is 5.21. The molecule has 1 aliphatic rings. The molecule has 0 aromatic carbocycles. The normalized spacial score (nSPS) is 23.9. The molecule has 1 heterocycles. The molecule has 3 N–H and O–H groups in total. The number of nitrogens with zero attached hydrogens (tertiary/aromatic N) is 1. The monoisotopic (exact) mass is 199 g/mol. The molecule has 1 saturated heterocycles. The summed E-state index contributed by atoms with van der Waals surface area (Å²) in [7, 11) is 1.69. The fourth-order valence-electron chi connectivity index (χ4n) is 2.05. The summed E-state index contributed by atoms with van der Waals surface area (Å²) >= 11 is 0. The number of likely N-dealkylation sites (N-methyl/N-ethyl adjacent to an activating group) is 1. The Morgan fingerprint density at radius 2 is 2.29 bits per heavy atom. The van der Waals surface area contributed by atoms with Crippen LogP contribution in [0.3, 0.4) is 0 Å². The maximum absolute atomic E-state index is 11.6. The number of hydrogen-bond acceptors (Lipinski definition) is 3. The van der Waals surface area contributed by atoms with E-state index in [1.165, 1.54) is 0 Å². The molecule has 1 amide bonds. The van der Waals surface area contributed by atoms with Gasteiger partial charge in [0.05, 0.1) is 6.04 Å². The SMILES string of the molecule is CNC(=O)C1CCCN1C(C)(C)CN. The summed E-state index contributed by atoms with van der Waals surface area (Å²) in [5.41, 5.74) is 5.64. The Morgan fingerprint density at radius 1 is 1.64 bits per heavy atom. The van der Waals surface area contributed by atoms with Crippen LogP contribution < -0.4 is 11.1 Å². The highest BCUT2D eigenvalue weighted by Gasteiger charge is 2.38. The summed E-state index contributed by atoms with van der Waals surface area (Å²) in [5.74, 6) is 0.115. The molecule has 14 heavy (non-hydrogen) atoms. The highest BCUT2D eigenvalue weighted by Crippen LogP contribution is 2.25. The number of nitrogens with two attached hydrogens (primary N) is 1. The van der Waals surface area contributed by atoms with Crippen molar-refractivity contribution in [1.29, 1.82) is 0 Å². The molecule has 0 radical (unpaired) electrons. The molecule has 1 aliphatic heterocycles. The van der Waals surface area contributed by atoms with E-state index in [2.05, 4.69) is 24.1 Å². The van der Waals surface area contributed by atoms with Gasteiger partial charge in [-0.3, -0.25) is 9.69 Å². The highest BCUT2D eigenvalue weighted by atomic mass is 16.2. The van der Waals surface area contributed by atoms with E-state index in [1.54, 1.807) is 7.05 Å². The van der Waals surface area contributed by atoms with Gasteiger partial charge in [-0.25, -0.2) is 0 Å². The van der Waals surface area contributed by atoms with Crippen LogP contribution in [0.15, 0.2) is 0 Å². The number of amides is 1. The smallest absolute Gasteiger partial charge is 0.237 e. The average Bonchev–Trinajstić information content (AvgIpc) is 2.65. The largest absolute Gasteiger partial charge is 0.358 e. The highest BCUT2D eigenvalue weighted by molar-refractivity contribution is 5.81. The van der Waals surface area contributed by atoms with E-state index >= 15 is 0 Å². The third kappa shape index (κ3) is 2.07. The maximum atomic E-state index is 11.6. The van der Waals surface area contributed by atoms with Crippen LogP contribution in [0.5, 0.6) is 0 Å². The number of likely N-dealkylation sites (tertiary alicyclic amines) is 1. The van der Waals surface area contributed by atoms with Crippen LogP contribution >= 0.6 is 0 Å². The molecule has 1 fully saturated rings. The molecule has 1 rings (SSSR count). The summed E-state index contributed by atoms with van der Waals surface area (Å²) in [5, 5.41) is 2.71. The number of hydrogen-bond donors (Lipinski definition) is 2. The molecule has 0 saturated carbocycles. The molecular weight excluding hydrogens is 178 g/mol. The van der Waals surface area contributed by atoms with Crippen LogP contribution in [0.25, 0.3) is 0 Å². The fraction of sp³-hybridized carbons (Fsp3) is 0.900. The van der Waals surface area contributed by atoms with Crippen molar-refractivity contribution in [3.8, 4) is 0 Å². The molecule has 0 aromatic heterocycles. The van der Waals surface area contributed by atoms with Crippen molar-refractivity contribution in [2.75, 3.05) is 20.1 Å². The maximum Gasteiger partial charge on any atom is 0.237 e. The van der Waals surface area contributed by atoms with Crippen molar-refractivity contribution in [1.82, 2.24) is 10.2 Å². The first kappa shape index (κ1) is 11.5. The standard InChI is InChI=1S/C10H21N3O/c1-10(2,7-11)13-6-4-5-8(13)9(14)12-3/h8H,4-7,11H2,1-3H3,(H,12,14). The van der Waals surface area contributed by atoms with Gasteiger partial charge in [0.2, 0.25) is 5.91 Å². The quantitative estimate of drug-likeness (QED) is 0.669. The molecule has 1 atom stereocenters. The predicted molar refractivity (Wildman–Crippen MR) is 56.9 cm³/mol. The van der Waals surface area contributed by atoms with Crippen LogP contribution in [-0.2, 0) is 4.79 Å². The van der Waals surface area contributed by atoms with Crippen LogP contribution in [0, 0.1) is 0 Å². The van der Waals surface area contributed by atoms with Crippen molar-refractivity contribution in [2.45, 2.75) is 38.3 Å². The average molecular weight is 199 g/mol. The van der Waals surface area contributed by atoms with Gasteiger partial charge in [0.15, 0.2) is 0 Å². The van der Waals surface area contributed by atoms with E-state index < -0.39 is 0 Å². The van der Waals surface area contributed by atoms with Gasteiger partial charge in [0.1, 0.15) is 0 Å². The van der Waals surface area contributed by atoms with Gasteiger partial charge >= 0.3 is 0 Å². The zero-order valence-electron chi connectivity index (χ0n) is 9.34. The van der Waals surface area contributed by atoms with Crippen molar-refractivity contribution < 1.29 is 4.79 Å². The van der Waals surface area contributed by atoms with Gasteiger partial charge in [-0.1, -0.05) is 0 Å². The molecule has 0 bridgehead atoms. The second-order valence-electron chi connectivity index (χ2n) is 4.48. The second kappa shape index (κ2) is 4.28. The van der Waals surface area contributed by atoms with Gasteiger partial charge in [-0.05, 0) is 33.2 Å². The molecule has 4 heteroatoms. The summed E-state index contributed by atoms with van der Waals surface area (Å²) in [6.07, 6.45) is 2.03. The van der Waals surface area contributed by atoms with Gasteiger partial charge < -0.3 is 11.1 Å². The Labute approximate surface area is 85.8 Å². The minimum atomic E-state index is -0.0757. The number of carbonyl (C=O) groups is 1. The Kier molecular flexibility index (Phi) is 3.50. The number of nitrogens with one attached hydrogen (secondary N) is 1. The Balaban J connectivity index is 2.73. The summed E-state index contributed by atoms with van der Waals surface area (Å²) in [6, 6.07) is 0.0125. The van der Waals surface area contributed by atoms with Crippen molar-refractivity contribution in [2.24, 2.45) is 5.73 Å². The molecular formula is C10H21N3O. The van der Waals surface area contributed by atoms with Gasteiger partial charge in [-0.15, -0.1) is 0 Å². The molecule has 4 nitrogen and oxygen atoms in total. The van der Waals surface area contributed by atoms with Crippen molar-refractivity contribution in [3.05, 3.63) is 0 Å². The van der Waals surface area contributed by atoms with Crippen molar-refractivity contribution >= 4 is 5.91 Å². The molecule has 1 unspecified atom stereocenters. The van der Waals surface area contributed by atoms with E-state index in [0.717, 1.165) is 19.4 Å². The van der Waals surface area contributed by atoms with Crippen LogP contribution in [-0.4, -0.2) is 42.5 Å². The topological polar surface area (TPSA) is 58.4 Å². The van der Waals surface area contributed by atoms with Crippen LogP contribution in [0.1, 0.15) is 26.7 Å².